The molecule has 2 amide bonds. The van der Waals surface area contributed by atoms with Crippen molar-refractivity contribution in [1.82, 2.24) is 4.98 Å². The Labute approximate surface area is 142 Å². The molecular formula is C16H14ClN3O4. The van der Waals surface area contributed by atoms with Gasteiger partial charge in [-0.3, -0.25) is 9.59 Å². The molecule has 0 aliphatic carbocycles. The Kier molecular flexibility index (Phi) is 5.49. The largest absolute Gasteiger partial charge is 0.449 e. The van der Waals surface area contributed by atoms with Crippen molar-refractivity contribution in [2.75, 3.05) is 5.32 Å². The molecule has 0 fully saturated rings. The average molecular weight is 348 g/mol. The summed E-state index contributed by atoms with van der Waals surface area (Å²) < 4.78 is 5.08. The number of halogens is 1. The lowest BCUT2D eigenvalue weighted by molar-refractivity contribution is -0.123. The maximum absolute atomic E-state index is 12.0. The van der Waals surface area contributed by atoms with Crippen LogP contribution in [0.5, 0.6) is 0 Å². The quantitative estimate of drug-likeness (QED) is 0.634. The minimum atomic E-state index is -1.03. The zero-order valence-corrected chi connectivity index (χ0v) is 13.4. The van der Waals surface area contributed by atoms with Gasteiger partial charge in [-0.25, -0.2) is 9.78 Å². The van der Waals surface area contributed by atoms with E-state index in [1.54, 1.807) is 0 Å². The number of aromatic nitrogens is 1. The summed E-state index contributed by atoms with van der Waals surface area (Å²) in [4.78, 5) is 38.7. The summed E-state index contributed by atoms with van der Waals surface area (Å²) in [6.45, 7) is 1.44. The van der Waals surface area contributed by atoms with Crippen LogP contribution in [0.15, 0.2) is 42.6 Å². The van der Waals surface area contributed by atoms with Crippen molar-refractivity contribution in [2.45, 2.75) is 13.0 Å². The number of hydrogen-bond acceptors (Lipinski definition) is 5. The van der Waals surface area contributed by atoms with Crippen LogP contribution in [0.25, 0.3) is 0 Å². The van der Waals surface area contributed by atoms with E-state index in [0.29, 0.717) is 11.3 Å². The van der Waals surface area contributed by atoms with Crippen LogP contribution in [0.1, 0.15) is 27.6 Å². The predicted molar refractivity (Wildman–Crippen MR) is 87.7 cm³/mol. The number of amides is 2. The van der Waals surface area contributed by atoms with E-state index >= 15 is 0 Å². The third kappa shape index (κ3) is 4.53. The highest BCUT2D eigenvalue weighted by Gasteiger charge is 2.19. The number of esters is 1. The number of benzene rings is 1. The molecule has 24 heavy (non-hydrogen) atoms. The summed E-state index contributed by atoms with van der Waals surface area (Å²) in [7, 11) is 0. The second kappa shape index (κ2) is 7.56. The third-order valence-electron chi connectivity index (χ3n) is 3.05. The highest BCUT2D eigenvalue weighted by molar-refractivity contribution is 6.29. The lowest BCUT2D eigenvalue weighted by Gasteiger charge is -2.13. The molecule has 0 aliphatic heterocycles. The number of nitrogens with one attached hydrogen (secondary N) is 1. The fourth-order valence-corrected chi connectivity index (χ4v) is 1.95. The van der Waals surface area contributed by atoms with Gasteiger partial charge in [-0.2, -0.15) is 0 Å². The molecule has 0 saturated heterocycles. The van der Waals surface area contributed by atoms with E-state index in [9.17, 15) is 14.4 Å². The Morgan fingerprint density at radius 1 is 1.17 bits per heavy atom. The highest BCUT2D eigenvalue weighted by Crippen LogP contribution is 2.12. The summed E-state index contributed by atoms with van der Waals surface area (Å²) in [6.07, 6.45) is 0.337. The third-order valence-corrected chi connectivity index (χ3v) is 3.26. The SMILES string of the molecule is CC(OC(=O)c1ccnc(Cl)c1)C(=O)Nc1ccc(C(N)=O)cc1. The van der Waals surface area contributed by atoms with Crippen LogP contribution < -0.4 is 11.1 Å². The molecule has 0 radical (unpaired) electrons. The van der Waals surface area contributed by atoms with Crippen molar-refractivity contribution in [3.63, 3.8) is 0 Å². The lowest BCUT2D eigenvalue weighted by Crippen LogP contribution is -2.30. The van der Waals surface area contributed by atoms with Gasteiger partial charge in [0.1, 0.15) is 5.15 Å². The predicted octanol–water partition coefficient (Wildman–Crippen LogP) is 2.02. The van der Waals surface area contributed by atoms with Gasteiger partial charge in [0.25, 0.3) is 5.91 Å². The van der Waals surface area contributed by atoms with Crippen molar-refractivity contribution in [1.29, 1.82) is 0 Å². The first-order valence-corrected chi connectivity index (χ1v) is 7.28. The molecule has 0 spiro atoms. The van der Waals surface area contributed by atoms with Gasteiger partial charge in [0.2, 0.25) is 5.91 Å². The number of carbonyl (C=O) groups excluding carboxylic acids is 3. The average Bonchev–Trinajstić information content (AvgIpc) is 2.55. The number of nitrogens with two attached hydrogens (primary N) is 1. The van der Waals surface area contributed by atoms with Crippen LogP contribution in [0.2, 0.25) is 5.15 Å². The number of hydrogen-bond donors (Lipinski definition) is 2. The van der Waals surface area contributed by atoms with Gasteiger partial charge in [-0.05, 0) is 43.3 Å². The Balaban J connectivity index is 1.96. The molecule has 0 bridgehead atoms. The smallest absolute Gasteiger partial charge is 0.339 e. The molecule has 3 N–H and O–H groups in total. The van der Waals surface area contributed by atoms with Crippen LogP contribution in [0.4, 0.5) is 5.69 Å². The van der Waals surface area contributed by atoms with Gasteiger partial charge in [0.05, 0.1) is 5.56 Å². The molecule has 0 saturated carbocycles. The number of ether oxygens (including phenoxy) is 1. The van der Waals surface area contributed by atoms with Crippen LogP contribution in [-0.4, -0.2) is 28.9 Å². The first-order chi connectivity index (χ1) is 11.4. The molecule has 2 aromatic rings. The molecular weight excluding hydrogens is 334 g/mol. The molecule has 1 aromatic heterocycles. The standard InChI is InChI=1S/C16H14ClN3O4/c1-9(24-16(23)11-6-7-19-13(17)8-11)15(22)20-12-4-2-10(3-5-12)14(18)21/h2-9H,1H3,(H2,18,21)(H,20,22). The van der Waals surface area contributed by atoms with Gasteiger partial charge in [-0.1, -0.05) is 11.6 Å². The van der Waals surface area contributed by atoms with Gasteiger partial charge < -0.3 is 15.8 Å². The van der Waals surface area contributed by atoms with E-state index in [1.165, 1.54) is 49.5 Å². The Morgan fingerprint density at radius 3 is 2.42 bits per heavy atom. The number of nitrogens with zero attached hydrogens (tertiary/aromatic N) is 1. The second-order valence-corrected chi connectivity index (χ2v) is 5.23. The molecule has 7 nitrogen and oxygen atoms in total. The zero-order valence-electron chi connectivity index (χ0n) is 12.7. The number of primary amides is 1. The van der Waals surface area contributed by atoms with Crippen LogP contribution in [0, 0.1) is 0 Å². The van der Waals surface area contributed by atoms with Crippen LogP contribution >= 0.6 is 11.6 Å². The van der Waals surface area contributed by atoms with Gasteiger partial charge in [0.15, 0.2) is 6.10 Å². The first kappa shape index (κ1) is 17.4. The van der Waals surface area contributed by atoms with Crippen molar-refractivity contribution in [2.24, 2.45) is 5.73 Å². The van der Waals surface area contributed by atoms with E-state index < -0.39 is 23.9 Å². The number of pyridine rings is 1. The van der Waals surface area contributed by atoms with E-state index in [0.717, 1.165) is 0 Å². The van der Waals surface area contributed by atoms with Gasteiger partial charge in [0, 0.05) is 17.4 Å². The number of carbonyl (C=O) groups is 3. The second-order valence-electron chi connectivity index (χ2n) is 4.85. The summed E-state index contributed by atoms with van der Waals surface area (Å²) in [5, 5.41) is 2.72. The van der Waals surface area contributed by atoms with E-state index in [1.807, 2.05) is 0 Å². The highest BCUT2D eigenvalue weighted by atomic mass is 35.5. The summed E-state index contributed by atoms with van der Waals surface area (Å²) >= 11 is 5.70. The van der Waals surface area contributed by atoms with Crippen molar-refractivity contribution in [3.05, 3.63) is 58.9 Å². The van der Waals surface area contributed by atoms with Crippen molar-refractivity contribution >= 4 is 35.1 Å². The van der Waals surface area contributed by atoms with E-state index in [4.69, 9.17) is 22.1 Å². The summed E-state index contributed by atoms with van der Waals surface area (Å²) in [5.41, 5.74) is 6.10. The molecule has 1 unspecified atom stereocenters. The van der Waals surface area contributed by atoms with E-state index in [-0.39, 0.29) is 10.7 Å². The Hall–Kier alpha value is -2.93. The van der Waals surface area contributed by atoms with Crippen molar-refractivity contribution in [3.8, 4) is 0 Å². The summed E-state index contributed by atoms with van der Waals surface area (Å²) in [6, 6.07) is 8.78. The molecule has 1 heterocycles. The number of anilines is 1. The maximum Gasteiger partial charge on any atom is 0.339 e. The molecule has 2 rings (SSSR count). The topological polar surface area (TPSA) is 111 Å². The fourth-order valence-electron chi connectivity index (χ4n) is 1.77. The summed E-state index contributed by atoms with van der Waals surface area (Å²) in [5.74, 6) is -1.77. The molecule has 1 atom stereocenters. The normalized spacial score (nSPS) is 11.4. The molecule has 0 aliphatic rings. The van der Waals surface area contributed by atoms with Gasteiger partial charge in [-0.15, -0.1) is 0 Å². The van der Waals surface area contributed by atoms with Crippen LogP contribution in [-0.2, 0) is 9.53 Å². The van der Waals surface area contributed by atoms with Gasteiger partial charge >= 0.3 is 5.97 Å². The molecule has 1 aromatic carbocycles. The maximum atomic E-state index is 12.0. The Morgan fingerprint density at radius 2 is 1.83 bits per heavy atom. The van der Waals surface area contributed by atoms with Crippen molar-refractivity contribution < 1.29 is 19.1 Å². The van der Waals surface area contributed by atoms with E-state index in [2.05, 4.69) is 10.3 Å². The first-order valence-electron chi connectivity index (χ1n) is 6.90. The minimum Gasteiger partial charge on any atom is -0.449 e. The monoisotopic (exact) mass is 347 g/mol. The lowest BCUT2D eigenvalue weighted by atomic mass is 10.2. The Bertz CT molecular complexity index is 777. The molecule has 8 heteroatoms. The fraction of sp³-hybridized carbons (Fsp3) is 0.125. The number of rotatable bonds is 5. The minimum absolute atomic E-state index is 0.149. The van der Waals surface area contributed by atoms with Crippen LogP contribution in [0.3, 0.4) is 0 Å². The molecule has 124 valence electrons. The zero-order chi connectivity index (χ0) is 17.7.